The third-order valence-corrected chi connectivity index (χ3v) is 3.02. The van der Waals surface area contributed by atoms with Crippen molar-refractivity contribution in [2.45, 2.75) is 13.5 Å². The van der Waals surface area contributed by atoms with Crippen molar-refractivity contribution >= 4 is 11.6 Å². The summed E-state index contributed by atoms with van der Waals surface area (Å²) in [7, 11) is 1.59. The van der Waals surface area contributed by atoms with Crippen LogP contribution in [0.1, 0.15) is 11.1 Å². The second-order valence-corrected chi connectivity index (χ2v) is 4.61. The summed E-state index contributed by atoms with van der Waals surface area (Å²) in [5.41, 5.74) is 8.10. The van der Waals surface area contributed by atoms with Gasteiger partial charge in [-0.1, -0.05) is 24.3 Å². The van der Waals surface area contributed by atoms with Gasteiger partial charge in [0.25, 0.3) is 0 Å². The highest BCUT2D eigenvalue weighted by molar-refractivity contribution is 5.93. The fourth-order valence-electron chi connectivity index (χ4n) is 1.91. The smallest absolute Gasteiger partial charge is 0.193 e. The number of hydrogen-bond acceptors (Lipinski definition) is 2. The summed E-state index contributed by atoms with van der Waals surface area (Å²) in [5, 5.41) is 2.99. The largest absolute Gasteiger partial charge is 0.495 e. The molecular weight excluding hydrogens is 269 g/mol. The molecule has 0 bridgehead atoms. The molecule has 5 heteroatoms. The average molecular weight is 287 g/mol. The maximum Gasteiger partial charge on any atom is 0.193 e. The number of benzene rings is 2. The Kier molecular flexibility index (Phi) is 4.77. The molecule has 2 aromatic rings. The maximum atomic E-state index is 13.2. The number of ether oxygens (including phenoxy) is 1. The van der Waals surface area contributed by atoms with E-state index in [1.807, 2.05) is 24.3 Å². The lowest BCUT2D eigenvalue weighted by Gasteiger charge is -2.10. The zero-order chi connectivity index (χ0) is 15.2. The molecule has 21 heavy (non-hydrogen) atoms. The molecule has 0 unspecified atom stereocenters. The van der Waals surface area contributed by atoms with Crippen LogP contribution in [0.5, 0.6) is 5.75 Å². The van der Waals surface area contributed by atoms with E-state index in [0.29, 0.717) is 17.9 Å². The van der Waals surface area contributed by atoms with Crippen LogP contribution in [0, 0.1) is 12.7 Å². The molecule has 0 saturated heterocycles. The number of aliphatic imine (C=N–C) groups is 1. The van der Waals surface area contributed by atoms with Crippen LogP contribution in [0.4, 0.5) is 10.1 Å². The van der Waals surface area contributed by atoms with Crippen molar-refractivity contribution in [3.63, 3.8) is 0 Å². The molecule has 110 valence electrons. The fourth-order valence-corrected chi connectivity index (χ4v) is 1.91. The second-order valence-electron chi connectivity index (χ2n) is 4.61. The van der Waals surface area contributed by atoms with E-state index < -0.39 is 0 Å². The Morgan fingerprint density at radius 3 is 2.76 bits per heavy atom. The highest BCUT2D eigenvalue weighted by Crippen LogP contribution is 2.22. The SMILES string of the molecule is COc1ccccc1NC(N)=NCc1ccc(F)c(C)c1. The van der Waals surface area contributed by atoms with Gasteiger partial charge in [0.05, 0.1) is 19.3 Å². The molecule has 0 atom stereocenters. The molecule has 2 aromatic carbocycles. The first-order valence-corrected chi connectivity index (χ1v) is 6.55. The number of nitrogens with one attached hydrogen (secondary N) is 1. The van der Waals surface area contributed by atoms with Gasteiger partial charge in [-0.3, -0.25) is 0 Å². The number of guanidine groups is 1. The molecule has 4 nitrogen and oxygen atoms in total. The molecule has 0 amide bonds. The van der Waals surface area contributed by atoms with Crippen LogP contribution in [0.25, 0.3) is 0 Å². The number of hydrogen-bond donors (Lipinski definition) is 2. The molecular formula is C16H18FN3O. The molecule has 0 spiro atoms. The first-order chi connectivity index (χ1) is 10.1. The lowest BCUT2D eigenvalue weighted by atomic mass is 10.1. The van der Waals surface area contributed by atoms with Crippen molar-refractivity contribution in [3.05, 3.63) is 59.4 Å². The van der Waals surface area contributed by atoms with Gasteiger partial charge < -0.3 is 15.8 Å². The number of halogens is 1. The number of rotatable bonds is 4. The van der Waals surface area contributed by atoms with Crippen molar-refractivity contribution in [1.82, 2.24) is 0 Å². The van der Waals surface area contributed by atoms with Crippen LogP contribution >= 0.6 is 0 Å². The van der Waals surface area contributed by atoms with Crippen molar-refractivity contribution in [2.75, 3.05) is 12.4 Å². The zero-order valence-electron chi connectivity index (χ0n) is 12.1. The number of nitrogens with zero attached hydrogens (tertiary/aromatic N) is 1. The minimum atomic E-state index is -0.220. The Bertz CT molecular complexity index is 656. The Hall–Kier alpha value is -2.56. The summed E-state index contributed by atoms with van der Waals surface area (Å²) < 4.78 is 18.4. The summed E-state index contributed by atoms with van der Waals surface area (Å²) in [5.74, 6) is 0.748. The second kappa shape index (κ2) is 6.74. The van der Waals surface area contributed by atoms with Crippen LogP contribution in [0.3, 0.4) is 0 Å². The van der Waals surface area contributed by atoms with Crippen molar-refractivity contribution in [2.24, 2.45) is 10.7 Å². The third kappa shape index (κ3) is 3.95. The maximum absolute atomic E-state index is 13.2. The van der Waals surface area contributed by atoms with E-state index in [-0.39, 0.29) is 11.8 Å². The molecule has 3 N–H and O–H groups in total. The van der Waals surface area contributed by atoms with Crippen molar-refractivity contribution in [1.29, 1.82) is 0 Å². The highest BCUT2D eigenvalue weighted by Gasteiger charge is 2.03. The molecule has 0 aliphatic rings. The summed E-state index contributed by atoms with van der Waals surface area (Å²) >= 11 is 0. The Labute approximate surface area is 123 Å². The zero-order valence-corrected chi connectivity index (χ0v) is 12.1. The summed E-state index contributed by atoms with van der Waals surface area (Å²) in [6.45, 7) is 2.11. The molecule has 0 aliphatic carbocycles. The standard InChI is InChI=1S/C16H18FN3O/c1-11-9-12(7-8-13(11)17)10-19-16(18)20-14-5-3-4-6-15(14)21-2/h3-9H,10H2,1-2H3,(H3,18,19,20). The van der Waals surface area contributed by atoms with E-state index in [0.717, 1.165) is 11.3 Å². The normalized spacial score (nSPS) is 11.3. The number of anilines is 1. The molecule has 0 saturated carbocycles. The third-order valence-electron chi connectivity index (χ3n) is 3.02. The molecule has 0 aliphatic heterocycles. The average Bonchev–Trinajstić information content (AvgIpc) is 2.49. The van der Waals surface area contributed by atoms with Crippen LogP contribution < -0.4 is 15.8 Å². The fraction of sp³-hybridized carbons (Fsp3) is 0.188. The van der Waals surface area contributed by atoms with Gasteiger partial charge in [0.2, 0.25) is 0 Å². The van der Waals surface area contributed by atoms with Gasteiger partial charge in [-0.25, -0.2) is 9.38 Å². The van der Waals surface area contributed by atoms with Crippen LogP contribution in [0.2, 0.25) is 0 Å². The van der Waals surface area contributed by atoms with E-state index in [4.69, 9.17) is 10.5 Å². The molecule has 0 radical (unpaired) electrons. The van der Waals surface area contributed by atoms with Gasteiger partial charge in [0, 0.05) is 0 Å². The first kappa shape index (κ1) is 14.8. The Morgan fingerprint density at radius 1 is 1.29 bits per heavy atom. The van der Waals surface area contributed by atoms with Gasteiger partial charge in [-0.15, -0.1) is 0 Å². The Balaban J connectivity index is 2.05. The number of para-hydroxylation sites is 2. The lowest BCUT2D eigenvalue weighted by molar-refractivity contribution is 0.417. The van der Waals surface area contributed by atoms with E-state index in [2.05, 4.69) is 10.3 Å². The Morgan fingerprint density at radius 2 is 2.05 bits per heavy atom. The van der Waals surface area contributed by atoms with E-state index in [1.54, 1.807) is 26.2 Å². The van der Waals surface area contributed by atoms with Gasteiger partial charge in [0.1, 0.15) is 11.6 Å². The van der Waals surface area contributed by atoms with Crippen LogP contribution in [-0.2, 0) is 6.54 Å². The summed E-state index contributed by atoms with van der Waals surface area (Å²) in [6.07, 6.45) is 0. The minimum Gasteiger partial charge on any atom is -0.495 e. The predicted molar refractivity (Wildman–Crippen MR) is 83.1 cm³/mol. The van der Waals surface area contributed by atoms with Crippen LogP contribution in [-0.4, -0.2) is 13.1 Å². The van der Waals surface area contributed by atoms with Gasteiger partial charge in [-0.05, 0) is 36.2 Å². The van der Waals surface area contributed by atoms with Crippen molar-refractivity contribution in [3.8, 4) is 5.75 Å². The number of aryl methyl sites for hydroxylation is 1. The topological polar surface area (TPSA) is 59.6 Å². The van der Waals surface area contributed by atoms with Crippen molar-refractivity contribution < 1.29 is 9.13 Å². The first-order valence-electron chi connectivity index (χ1n) is 6.55. The van der Waals surface area contributed by atoms with Crippen LogP contribution in [0.15, 0.2) is 47.5 Å². The summed E-state index contributed by atoms with van der Waals surface area (Å²) in [4.78, 5) is 4.24. The minimum absolute atomic E-state index is 0.220. The monoisotopic (exact) mass is 287 g/mol. The molecule has 2 rings (SSSR count). The quantitative estimate of drug-likeness (QED) is 0.671. The molecule has 0 fully saturated rings. The number of methoxy groups -OCH3 is 1. The molecule has 0 heterocycles. The number of nitrogens with two attached hydrogens (primary N) is 1. The lowest BCUT2D eigenvalue weighted by Crippen LogP contribution is -2.22. The van der Waals surface area contributed by atoms with E-state index in [1.165, 1.54) is 6.07 Å². The van der Waals surface area contributed by atoms with Gasteiger partial charge in [-0.2, -0.15) is 0 Å². The van der Waals surface area contributed by atoms with Gasteiger partial charge in [0.15, 0.2) is 5.96 Å². The van der Waals surface area contributed by atoms with E-state index in [9.17, 15) is 4.39 Å². The van der Waals surface area contributed by atoms with E-state index >= 15 is 0 Å². The highest BCUT2D eigenvalue weighted by atomic mass is 19.1. The predicted octanol–water partition coefficient (Wildman–Crippen LogP) is 3.07. The van der Waals surface area contributed by atoms with Gasteiger partial charge >= 0.3 is 0 Å². The molecule has 0 aromatic heterocycles. The summed E-state index contributed by atoms with van der Waals surface area (Å²) in [6, 6.07) is 12.3.